The van der Waals surface area contributed by atoms with Crippen LogP contribution in [0.2, 0.25) is 0 Å². The van der Waals surface area contributed by atoms with Crippen molar-refractivity contribution in [1.82, 2.24) is 10.2 Å². The van der Waals surface area contributed by atoms with Gasteiger partial charge >= 0.3 is 6.03 Å². The molecular formula is C17H22N4O3. The highest BCUT2D eigenvalue weighted by molar-refractivity contribution is 6.00. The van der Waals surface area contributed by atoms with Gasteiger partial charge in [-0.2, -0.15) is 5.10 Å². The molecule has 1 aromatic carbocycles. The third-order valence-electron chi connectivity index (χ3n) is 3.92. The van der Waals surface area contributed by atoms with Crippen LogP contribution in [0.1, 0.15) is 24.2 Å². The number of aryl methyl sites for hydroxylation is 2. The number of amides is 2. The number of hydrogen-bond acceptors (Lipinski definition) is 4. The number of nitrogens with one attached hydrogen (secondary N) is 3. The average molecular weight is 330 g/mol. The molecule has 0 saturated carbocycles. The summed E-state index contributed by atoms with van der Waals surface area (Å²) in [5.41, 5.74) is 2.92. The summed E-state index contributed by atoms with van der Waals surface area (Å²) in [4.78, 5) is 12.1. The predicted molar refractivity (Wildman–Crippen MR) is 91.6 cm³/mol. The van der Waals surface area contributed by atoms with Crippen molar-refractivity contribution < 1.29 is 14.3 Å². The lowest BCUT2D eigenvalue weighted by molar-refractivity contribution is 0.0680. The van der Waals surface area contributed by atoms with Gasteiger partial charge in [0.1, 0.15) is 12.4 Å². The second-order valence-corrected chi connectivity index (χ2v) is 5.86. The largest absolute Gasteiger partial charge is 0.491 e. The fraction of sp³-hybridized carbons (Fsp3) is 0.412. The lowest BCUT2D eigenvalue weighted by atomic mass is 10.2. The number of nitrogens with zero attached hydrogens (tertiary/aromatic N) is 1. The van der Waals surface area contributed by atoms with Gasteiger partial charge in [-0.05, 0) is 38.8 Å². The van der Waals surface area contributed by atoms with Gasteiger partial charge in [0, 0.05) is 18.4 Å². The van der Waals surface area contributed by atoms with Gasteiger partial charge < -0.3 is 20.1 Å². The van der Waals surface area contributed by atoms with Crippen LogP contribution in [0, 0.1) is 13.8 Å². The number of carbonyl (C=O) groups excluding carboxylic acids is 1. The van der Waals surface area contributed by atoms with E-state index >= 15 is 0 Å². The Hall–Kier alpha value is -2.54. The Labute approximate surface area is 140 Å². The molecule has 1 aliphatic rings. The van der Waals surface area contributed by atoms with E-state index in [1.54, 1.807) is 6.07 Å². The summed E-state index contributed by atoms with van der Waals surface area (Å²) in [5, 5.41) is 12.5. The number of ether oxygens (including phenoxy) is 2. The summed E-state index contributed by atoms with van der Waals surface area (Å²) in [6.45, 7) is 5.03. The Balaban J connectivity index is 1.56. The second kappa shape index (κ2) is 7.35. The van der Waals surface area contributed by atoms with Crippen molar-refractivity contribution in [2.24, 2.45) is 0 Å². The van der Waals surface area contributed by atoms with E-state index in [4.69, 9.17) is 9.47 Å². The van der Waals surface area contributed by atoms with E-state index in [0.717, 1.165) is 30.8 Å². The average Bonchev–Trinajstić information content (AvgIpc) is 3.19. The fourth-order valence-corrected chi connectivity index (χ4v) is 2.64. The molecule has 3 N–H and O–H groups in total. The molecule has 0 bridgehead atoms. The van der Waals surface area contributed by atoms with Crippen LogP contribution in [0.3, 0.4) is 0 Å². The number of urea groups is 1. The zero-order valence-corrected chi connectivity index (χ0v) is 13.9. The van der Waals surface area contributed by atoms with Gasteiger partial charge in [-0.1, -0.05) is 6.07 Å². The molecule has 24 heavy (non-hydrogen) atoms. The molecule has 0 spiro atoms. The van der Waals surface area contributed by atoms with Gasteiger partial charge in [0.05, 0.1) is 23.2 Å². The predicted octanol–water partition coefficient (Wildman–Crippen LogP) is 3.23. The number of H-pyrrole nitrogens is 1. The number of aromatic nitrogens is 2. The number of benzene rings is 1. The second-order valence-electron chi connectivity index (χ2n) is 5.86. The maximum absolute atomic E-state index is 12.1. The molecule has 0 aliphatic carbocycles. The first kappa shape index (κ1) is 16.3. The molecule has 1 fully saturated rings. The standard InChI is InChI=1S/C17H22N4O3/c1-11-16(12(2)21-20-11)19-17(22)18-13-5-3-6-14(9-13)24-10-15-7-4-8-23-15/h3,5-6,9,15H,4,7-8,10H2,1-2H3,(H,20,21)(H2,18,19,22). The summed E-state index contributed by atoms with van der Waals surface area (Å²) in [6.07, 6.45) is 2.28. The SMILES string of the molecule is Cc1n[nH]c(C)c1NC(=O)Nc1cccc(OCC2CCCO2)c1. The third kappa shape index (κ3) is 4.05. The number of aromatic amines is 1. The van der Waals surface area contributed by atoms with Crippen molar-refractivity contribution in [2.45, 2.75) is 32.8 Å². The van der Waals surface area contributed by atoms with Crippen molar-refractivity contribution in [1.29, 1.82) is 0 Å². The lowest BCUT2D eigenvalue weighted by Crippen LogP contribution is -2.20. The van der Waals surface area contributed by atoms with Crippen LogP contribution < -0.4 is 15.4 Å². The van der Waals surface area contributed by atoms with Gasteiger partial charge in [0.25, 0.3) is 0 Å². The normalized spacial score (nSPS) is 16.8. The number of anilines is 2. The molecule has 3 rings (SSSR count). The van der Waals surface area contributed by atoms with E-state index in [0.29, 0.717) is 23.7 Å². The summed E-state index contributed by atoms with van der Waals surface area (Å²) < 4.78 is 11.3. The maximum atomic E-state index is 12.1. The van der Waals surface area contributed by atoms with Gasteiger partial charge in [-0.25, -0.2) is 4.79 Å². The van der Waals surface area contributed by atoms with Crippen molar-refractivity contribution in [3.8, 4) is 5.75 Å². The molecule has 128 valence electrons. The fourth-order valence-electron chi connectivity index (χ4n) is 2.64. The Bertz CT molecular complexity index is 688. The van der Waals surface area contributed by atoms with E-state index in [9.17, 15) is 4.79 Å². The van der Waals surface area contributed by atoms with Crippen LogP contribution in [0.25, 0.3) is 0 Å². The van der Waals surface area contributed by atoms with E-state index in [2.05, 4.69) is 20.8 Å². The highest BCUT2D eigenvalue weighted by Gasteiger charge is 2.16. The highest BCUT2D eigenvalue weighted by Crippen LogP contribution is 2.21. The van der Waals surface area contributed by atoms with E-state index < -0.39 is 0 Å². The number of hydrogen-bond donors (Lipinski definition) is 3. The van der Waals surface area contributed by atoms with Crippen LogP contribution in [-0.2, 0) is 4.74 Å². The molecule has 2 aromatic rings. The first-order chi connectivity index (χ1) is 11.6. The van der Waals surface area contributed by atoms with Crippen LogP contribution in [0.5, 0.6) is 5.75 Å². The summed E-state index contributed by atoms with van der Waals surface area (Å²) in [6, 6.07) is 6.99. The van der Waals surface area contributed by atoms with Crippen LogP contribution in [0.4, 0.5) is 16.2 Å². The van der Waals surface area contributed by atoms with E-state index in [1.165, 1.54) is 0 Å². The number of carbonyl (C=O) groups is 1. The van der Waals surface area contributed by atoms with Crippen molar-refractivity contribution in [3.63, 3.8) is 0 Å². The Morgan fingerprint density at radius 1 is 1.42 bits per heavy atom. The molecule has 7 nitrogen and oxygen atoms in total. The lowest BCUT2D eigenvalue weighted by Gasteiger charge is -2.13. The van der Waals surface area contributed by atoms with Crippen molar-refractivity contribution in [2.75, 3.05) is 23.8 Å². The van der Waals surface area contributed by atoms with E-state index in [-0.39, 0.29) is 12.1 Å². The van der Waals surface area contributed by atoms with Crippen LogP contribution >= 0.6 is 0 Å². The minimum absolute atomic E-state index is 0.164. The van der Waals surface area contributed by atoms with Gasteiger partial charge in [0.15, 0.2) is 0 Å². The Morgan fingerprint density at radius 2 is 2.29 bits per heavy atom. The smallest absolute Gasteiger partial charge is 0.323 e. The zero-order chi connectivity index (χ0) is 16.9. The van der Waals surface area contributed by atoms with Gasteiger partial charge in [-0.3, -0.25) is 5.10 Å². The molecule has 1 atom stereocenters. The molecule has 1 saturated heterocycles. The molecule has 1 aliphatic heterocycles. The molecule has 0 radical (unpaired) electrons. The molecule has 7 heteroatoms. The molecule has 1 aromatic heterocycles. The van der Waals surface area contributed by atoms with Crippen LogP contribution in [0.15, 0.2) is 24.3 Å². The molecule has 2 amide bonds. The molecule has 1 unspecified atom stereocenters. The Kier molecular flexibility index (Phi) is 5.00. The number of rotatable bonds is 5. The Morgan fingerprint density at radius 3 is 3.00 bits per heavy atom. The quantitative estimate of drug-likeness (QED) is 0.785. The minimum atomic E-state index is -0.320. The van der Waals surface area contributed by atoms with Crippen molar-refractivity contribution in [3.05, 3.63) is 35.7 Å². The topological polar surface area (TPSA) is 88.3 Å². The zero-order valence-electron chi connectivity index (χ0n) is 13.9. The first-order valence-electron chi connectivity index (χ1n) is 8.06. The molecule has 2 heterocycles. The summed E-state index contributed by atoms with van der Waals surface area (Å²) in [5.74, 6) is 0.707. The van der Waals surface area contributed by atoms with Gasteiger partial charge in [-0.15, -0.1) is 0 Å². The first-order valence-corrected chi connectivity index (χ1v) is 8.06. The van der Waals surface area contributed by atoms with Crippen molar-refractivity contribution >= 4 is 17.4 Å². The summed E-state index contributed by atoms with van der Waals surface area (Å²) in [7, 11) is 0. The third-order valence-corrected chi connectivity index (χ3v) is 3.92. The molecular weight excluding hydrogens is 308 g/mol. The monoisotopic (exact) mass is 330 g/mol. The minimum Gasteiger partial charge on any atom is -0.491 e. The maximum Gasteiger partial charge on any atom is 0.323 e. The van der Waals surface area contributed by atoms with Gasteiger partial charge in [0.2, 0.25) is 0 Å². The summed E-state index contributed by atoms with van der Waals surface area (Å²) >= 11 is 0. The van der Waals surface area contributed by atoms with Crippen LogP contribution in [-0.4, -0.2) is 35.5 Å². The highest BCUT2D eigenvalue weighted by atomic mass is 16.5. The van der Waals surface area contributed by atoms with E-state index in [1.807, 2.05) is 32.0 Å².